The molecule has 5 heteroatoms. The fourth-order valence-corrected chi connectivity index (χ4v) is 2.85. The van der Waals surface area contributed by atoms with Crippen LogP contribution in [0.15, 0.2) is 65.3 Å². The average Bonchev–Trinajstić information content (AvgIpc) is 3.31. The molecule has 2 aromatic heterocycles. The Morgan fingerprint density at radius 1 is 1.11 bits per heavy atom. The van der Waals surface area contributed by atoms with E-state index in [0.717, 1.165) is 28.1 Å². The van der Waals surface area contributed by atoms with Crippen LogP contribution in [0.3, 0.4) is 0 Å². The lowest BCUT2D eigenvalue weighted by Gasteiger charge is -2.03. The van der Waals surface area contributed by atoms with Crippen LogP contribution in [0.2, 0.25) is 0 Å². The number of hydrogen-bond acceptors (Lipinski definition) is 3. The summed E-state index contributed by atoms with van der Waals surface area (Å²) in [7, 11) is 0. The van der Waals surface area contributed by atoms with E-state index in [1.54, 1.807) is 24.5 Å². The number of aromatic amines is 1. The van der Waals surface area contributed by atoms with Gasteiger partial charge in [-0.05, 0) is 79.6 Å². The van der Waals surface area contributed by atoms with Crippen LogP contribution >= 0.6 is 0 Å². The molecular weight excluding hydrogens is 338 g/mol. The molecule has 0 saturated carbocycles. The summed E-state index contributed by atoms with van der Waals surface area (Å²) in [5, 5.41) is 2.83. The summed E-state index contributed by atoms with van der Waals surface area (Å²) in [5.41, 5.74) is 6.11. The number of aromatic nitrogens is 2. The number of carbonyl (C=O) groups is 1. The van der Waals surface area contributed by atoms with Crippen molar-refractivity contribution in [2.24, 2.45) is 0 Å². The van der Waals surface area contributed by atoms with E-state index in [9.17, 15) is 4.79 Å². The molecule has 0 aliphatic heterocycles. The minimum Gasteiger partial charge on any atom is -0.465 e. The van der Waals surface area contributed by atoms with Crippen LogP contribution in [0.25, 0.3) is 28.5 Å². The number of hydrogen-bond donors (Lipinski definition) is 2. The number of fused-ring (bicyclic) bond motifs is 1. The highest BCUT2D eigenvalue weighted by Crippen LogP contribution is 2.24. The summed E-state index contributed by atoms with van der Waals surface area (Å²) in [6.07, 6.45) is 4.63. The molecule has 0 spiro atoms. The lowest BCUT2D eigenvalue weighted by Crippen LogP contribution is -2.07. The predicted octanol–water partition coefficient (Wildman–Crippen LogP) is 5.09. The second-order valence-corrected chi connectivity index (χ2v) is 6.45. The van der Waals surface area contributed by atoms with Crippen molar-refractivity contribution in [1.29, 1.82) is 0 Å². The fourth-order valence-electron chi connectivity index (χ4n) is 2.85. The van der Waals surface area contributed by atoms with Gasteiger partial charge >= 0.3 is 0 Å². The lowest BCUT2D eigenvalue weighted by atomic mass is 10.1. The number of nitrogens with one attached hydrogen (secondary N) is 2. The molecule has 4 aromatic rings. The van der Waals surface area contributed by atoms with Crippen molar-refractivity contribution in [2.45, 2.75) is 13.8 Å². The van der Waals surface area contributed by atoms with E-state index in [-0.39, 0.29) is 5.91 Å². The molecule has 27 heavy (non-hydrogen) atoms. The van der Waals surface area contributed by atoms with Crippen molar-refractivity contribution in [3.8, 4) is 11.4 Å². The van der Waals surface area contributed by atoms with Gasteiger partial charge < -0.3 is 14.7 Å². The molecule has 1 amide bonds. The van der Waals surface area contributed by atoms with Crippen LogP contribution in [-0.4, -0.2) is 15.9 Å². The quantitative estimate of drug-likeness (QED) is 0.500. The number of anilines is 1. The van der Waals surface area contributed by atoms with Crippen LogP contribution < -0.4 is 5.32 Å². The van der Waals surface area contributed by atoms with E-state index in [1.165, 1.54) is 17.2 Å². The van der Waals surface area contributed by atoms with E-state index in [4.69, 9.17) is 4.42 Å². The lowest BCUT2D eigenvalue weighted by molar-refractivity contribution is -0.111. The van der Waals surface area contributed by atoms with Gasteiger partial charge in [-0.15, -0.1) is 0 Å². The van der Waals surface area contributed by atoms with Gasteiger partial charge in [-0.3, -0.25) is 4.79 Å². The fraction of sp³-hybridized carbons (Fsp3) is 0.0909. The zero-order valence-corrected chi connectivity index (χ0v) is 15.1. The Morgan fingerprint density at radius 2 is 1.89 bits per heavy atom. The molecule has 4 rings (SSSR count). The van der Waals surface area contributed by atoms with Crippen molar-refractivity contribution in [2.75, 3.05) is 5.32 Å². The number of rotatable bonds is 4. The molecule has 2 aromatic carbocycles. The van der Waals surface area contributed by atoms with Crippen LogP contribution in [0, 0.1) is 13.8 Å². The van der Waals surface area contributed by atoms with Gasteiger partial charge in [0.25, 0.3) is 0 Å². The van der Waals surface area contributed by atoms with Crippen molar-refractivity contribution in [1.82, 2.24) is 9.97 Å². The Balaban J connectivity index is 1.49. The van der Waals surface area contributed by atoms with Gasteiger partial charge in [0.05, 0.1) is 17.3 Å². The second-order valence-electron chi connectivity index (χ2n) is 6.45. The first-order chi connectivity index (χ1) is 13.1. The Morgan fingerprint density at radius 3 is 2.63 bits per heavy atom. The normalized spacial score (nSPS) is 11.3. The number of H-pyrrole nitrogens is 1. The summed E-state index contributed by atoms with van der Waals surface area (Å²) in [5.74, 6) is 1.23. The first-order valence-corrected chi connectivity index (χ1v) is 8.68. The molecule has 0 saturated heterocycles. The molecule has 0 aliphatic rings. The highest BCUT2D eigenvalue weighted by molar-refractivity contribution is 6.01. The largest absolute Gasteiger partial charge is 0.465 e. The standard InChI is InChI=1S/C22H19N3O2/c1-14-12-19-20(13-15(14)2)25-22(24-19)16-5-7-17(8-6-16)23-21(26)10-9-18-4-3-11-27-18/h3-13H,1-2H3,(H,23,26)(H,24,25)/b10-9+. The summed E-state index contributed by atoms with van der Waals surface area (Å²) in [6, 6.07) is 15.3. The first kappa shape index (κ1) is 16.8. The Kier molecular flexibility index (Phi) is 4.34. The molecule has 0 unspecified atom stereocenters. The van der Waals surface area contributed by atoms with Gasteiger partial charge in [-0.2, -0.15) is 0 Å². The number of benzene rings is 2. The maximum atomic E-state index is 12.0. The topological polar surface area (TPSA) is 70.9 Å². The summed E-state index contributed by atoms with van der Waals surface area (Å²) in [4.78, 5) is 20.0. The minimum absolute atomic E-state index is 0.214. The molecule has 0 atom stereocenters. The summed E-state index contributed by atoms with van der Waals surface area (Å²) >= 11 is 0. The molecule has 2 N–H and O–H groups in total. The van der Waals surface area contributed by atoms with E-state index >= 15 is 0 Å². The van der Waals surface area contributed by atoms with E-state index < -0.39 is 0 Å². The van der Waals surface area contributed by atoms with Crippen molar-refractivity contribution >= 4 is 28.7 Å². The van der Waals surface area contributed by atoms with E-state index in [0.29, 0.717) is 5.76 Å². The summed E-state index contributed by atoms with van der Waals surface area (Å²) in [6.45, 7) is 4.17. The van der Waals surface area contributed by atoms with Crippen molar-refractivity contribution < 1.29 is 9.21 Å². The Hall–Kier alpha value is -3.60. The van der Waals surface area contributed by atoms with Crippen molar-refractivity contribution in [3.05, 3.63) is 77.8 Å². The van der Waals surface area contributed by atoms with Crippen LogP contribution in [-0.2, 0) is 4.79 Å². The first-order valence-electron chi connectivity index (χ1n) is 8.68. The summed E-state index contributed by atoms with van der Waals surface area (Å²) < 4.78 is 5.16. The number of amides is 1. The second kappa shape index (κ2) is 6.96. The number of nitrogens with zero attached hydrogens (tertiary/aromatic N) is 1. The smallest absolute Gasteiger partial charge is 0.248 e. The monoisotopic (exact) mass is 357 g/mol. The zero-order valence-electron chi connectivity index (χ0n) is 15.1. The molecule has 134 valence electrons. The Labute approximate surface area is 156 Å². The minimum atomic E-state index is -0.214. The van der Waals surface area contributed by atoms with Crippen molar-refractivity contribution in [3.63, 3.8) is 0 Å². The maximum absolute atomic E-state index is 12.0. The third kappa shape index (κ3) is 3.67. The highest BCUT2D eigenvalue weighted by Gasteiger charge is 2.07. The SMILES string of the molecule is Cc1cc2nc(-c3ccc(NC(=O)/C=C/c4ccco4)cc3)[nH]c2cc1C. The molecule has 0 bridgehead atoms. The van der Waals surface area contributed by atoms with Gasteiger partial charge in [0, 0.05) is 17.3 Å². The molecule has 0 aliphatic carbocycles. The highest BCUT2D eigenvalue weighted by atomic mass is 16.3. The van der Waals surface area contributed by atoms with Gasteiger partial charge in [0.1, 0.15) is 11.6 Å². The van der Waals surface area contributed by atoms with E-state index in [2.05, 4.69) is 41.3 Å². The molecule has 2 heterocycles. The molecule has 0 fully saturated rings. The molecule has 5 nitrogen and oxygen atoms in total. The van der Waals surface area contributed by atoms with Crippen LogP contribution in [0.5, 0.6) is 0 Å². The maximum Gasteiger partial charge on any atom is 0.248 e. The van der Waals surface area contributed by atoms with Gasteiger partial charge in [0.2, 0.25) is 5.91 Å². The van der Waals surface area contributed by atoms with Crippen LogP contribution in [0.1, 0.15) is 16.9 Å². The number of aryl methyl sites for hydroxylation is 2. The molecule has 0 radical (unpaired) electrons. The van der Waals surface area contributed by atoms with Gasteiger partial charge in [-0.1, -0.05) is 0 Å². The number of carbonyl (C=O) groups excluding carboxylic acids is 1. The van der Waals surface area contributed by atoms with E-state index in [1.807, 2.05) is 24.3 Å². The number of furan rings is 1. The van der Waals surface area contributed by atoms with Gasteiger partial charge in [0.15, 0.2) is 0 Å². The van der Waals surface area contributed by atoms with Crippen LogP contribution in [0.4, 0.5) is 5.69 Å². The number of imidazole rings is 1. The molecular formula is C22H19N3O2. The van der Waals surface area contributed by atoms with Gasteiger partial charge in [-0.25, -0.2) is 4.98 Å². The predicted molar refractivity (Wildman–Crippen MR) is 107 cm³/mol. The zero-order chi connectivity index (χ0) is 18.8. The third-order valence-electron chi connectivity index (χ3n) is 4.47. The Bertz CT molecular complexity index is 1080. The third-order valence-corrected chi connectivity index (χ3v) is 4.47. The average molecular weight is 357 g/mol.